The summed E-state index contributed by atoms with van der Waals surface area (Å²) in [6.45, 7) is -0.171. The van der Waals surface area contributed by atoms with E-state index in [0.29, 0.717) is 34.1 Å². The molecule has 0 saturated heterocycles. The molecular formula is C24H23N3O5. The predicted molar refractivity (Wildman–Crippen MR) is 122 cm³/mol. The zero-order chi connectivity index (χ0) is 22.8. The monoisotopic (exact) mass is 433 g/mol. The van der Waals surface area contributed by atoms with Crippen LogP contribution < -0.4 is 25.0 Å². The lowest BCUT2D eigenvalue weighted by atomic mass is 10.2. The van der Waals surface area contributed by atoms with E-state index in [1.807, 2.05) is 18.2 Å². The number of hydrogen-bond donors (Lipinski definition) is 2. The van der Waals surface area contributed by atoms with Gasteiger partial charge in [-0.3, -0.25) is 9.59 Å². The Morgan fingerprint density at radius 2 is 1.72 bits per heavy atom. The first-order valence-electron chi connectivity index (χ1n) is 9.72. The molecule has 0 radical (unpaired) electrons. The van der Waals surface area contributed by atoms with E-state index in [4.69, 9.17) is 14.2 Å². The quantitative estimate of drug-likeness (QED) is 0.398. The normalized spacial score (nSPS) is 10.4. The zero-order valence-electron chi connectivity index (χ0n) is 17.7. The first-order valence-corrected chi connectivity index (χ1v) is 9.72. The van der Waals surface area contributed by atoms with Crippen LogP contribution in [-0.2, 0) is 4.79 Å². The Labute approximate surface area is 185 Å². The minimum absolute atomic E-state index is 0.171. The van der Waals surface area contributed by atoms with Crippen LogP contribution in [0.15, 0.2) is 77.9 Å². The molecule has 0 unspecified atom stereocenters. The van der Waals surface area contributed by atoms with E-state index in [9.17, 15) is 9.59 Å². The Kier molecular flexibility index (Phi) is 7.80. The Morgan fingerprint density at radius 1 is 0.906 bits per heavy atom. The molecule has 0 aliphatic heterocycles. The zero-order valence-corrected chi connectivity index (χ0v) is 17.7. The van der Waals surface area contributed by atoms with E-state index in [1.165, 1.54) is 20.4 Å². The van der Waals surface area contributed by atoms with Gasteiger partial charge in [-0.15, -0.1) is 0 Å². The molecular weight excluding hydrogens is 410 g/mol. The number of nitrogens with one attached hydrogen (secondary N) is 2. The van der Waals surface area contributed by atoms with Crippen molar-refractivity contribution in [3.05, 3.63) is 83.9 Å². The third kappa shape index (κ3) is 6.33. The van der Waals surface area contributed by atoms with Crippen molar-refractivity contribution in [1.82, 2.24) is 5.43 Å². The predicted octanol–water partition coefficient (Wildman–Crippen LogP) is 3.49. The lowest BCUT2D eigenvalue weighted by molar-refractivity contribution is -0.118. The third-order valence-corrected chi connectivity index (χ3v) is 4.32. The fourth-order valence-electron chi connectivity index (χ4n) is 2.74. The summed E-state index contributed by atoms with van der Waals surface area (Å²) in [6.07, 6.45) is 1.48. The maximum atomic E-state index is 12.2. The van der Waals surface area contributed by atoms with Crippen LogP contribution >= 0.6 is 0 Å². The van der Waals surface area contributed by atoms with Gasteiger partial charge in [-0.1, -0.05) is 24.3 Å². The van der Waals surface area contributed by atoms with E-state index < -0.39 is 0 Å². The molecule has 8 nitrogen and oxygen atoms in total. The Balaban J connectivity index is 1.57. The molecule has 32 heavy (non-hydrogen) atoms. The number of hydrogen-bond acceptors (Lipinski definition) is 6. The summed E-state index contributed by atoms with van der Waals surface area (Å²) in [6, 6.07) is 21.0. The van der Waals surface area contributed by atoms with Crippen molar-refractivity contribution in [3.63, 3.8) is 0 Å². The molecule has 3 aromatic rings. The molecule has 0 saturated carbocycles. The summed E-state index contributed by atoms with van der Waals surface area (Å²) >= 11 is 0. The first-order chi connectivity index (χ1) is 15.6. The van der Waals surface area contributed by atoms with Gasteiger partial charge in [-0.25, -0.2) is 5.43 Å². The van der Waals surface area contributed by atoms with Crippen molar-refractivity contribution in [2.45, 2.75) is 0 Å². The van der Waals surface area contributed by atoms with Crippen LogP contribution in [0.4, 0.5) is 5.69 Å². The van der Waals surface area contributed by atoms with Gasteiger partial charge in [-0.05, 0) is 54.1 Å². The number of methoxy groups -OCH3 is 2. The summed E-state index contributed by atoms with van der Waals surface area (Å²) in [7, 11) is 3.03. The van der Waals surface area contributed by atoms with E-state index in [1.54, 1.807) is 54.6 Å². The largest absolute Gasteiger partial charge is 0.497 e. The summed E-state index contributed by atoms with van der Waals surface area (Å²) in [5, 5.41) is 6.72. The van der Waals surface area contributed by atoms with Gasteiger partial charge in [0.25, 0.3) is 11.8 Å². The van der Waals surface area contributed by atoms with Crippen molar-refractivity contribution >= 4 is 23.7 Å². The van der Waals surface area contributed by atoms with Gasteiger partial charge in [-0.2, -0.15) is 5.10 Å². The van der Waals surface area contributed by atoms with Gasteiger partial charge in [0.05, 0.1) is 20.4 Å². The molecule has 0 heterocycles. The van der Waals surface area contributed by atoms with E-state index in [0.717, 1.165) is 0 Å². The van der Waals surface area contributed by atoms with Crippen LogP contribution in [-0.4, -0.2) is 38.9 Å². The third-order valence-electron chi connectivity index (χ3n) is 4.32. The highest BCUT2D eigenvalue weighted by Gasteiger charge is 2.09. The van der Waals surface area contributed by atoms with Gasteiger partial charge < -0.3 is 19.5 Å². The lowest BCUT2D eigenvalue weighted by Crippen LogP contribution is -2.20. The van der Waals surface area contributed by atoms with Crippen LogP contribution in [0.1, 0.15) is 15.9 Å². The van der Waals surface area contributed by atoms with E-state index >= 15 is 0 Å². The van der Waals surface area contributed by atoms with Gasteiger partial charge in [0.1, 0.15) is 5.75 Å². The smallest absolute Gasteiger partial charge is 0.271 e. The number of benzene rings is 3. The number of anilines is 1. The highest BCUT2D eigenvalue weighted by atomic mass is 16.5. The summed E-state index contributed by atoms with van der Waals surface area (Å²) < 4.78 is 16.0. The maximum Gasteiger partial charge on any atom is 0.271 e. The van der Waals surface area contributed by atoms with Crippen molar-refractivity contribution in [3.8, 4) is 17.2 Å². The van der Waals surface area contributed by atoms with E-state index in [-0.39, 0.29) is 18.4 Å². The maximum absolute atomic E-state index is 12.2. The fourth-order valence-corrected chi connectivity index (χ4v) is 2.74. The molecule has 0 spiro atoms. The molecule has 0 aliphatic carbocycles. The molecule has 0 aliphatic rings. The number of ether oxygens (including phenoxy) is 3. The van der Waals surface area contributed by atoms with Gasteiger partial charge in [0.15, 0.2) is 18.1 Å². The number of rotatable bonds is 9. The summed E-state index contributed by atoms with van der Waals surface area (Å²) in [5.41, 5.74) is 4.26. The molecule has 2 amide bonds. The summed E-state index contributed by atoms with van der Waals surface area (Å²) in [4.78, 5) is 24.3. The molecule has 3 aromatic carbocycles. The number of carbonyl (C=O) groups is 2. The molecule has 0 fully saturated rings. The molecule has 8 heteroatoms. The first kappa shape index (κ1) is 22.4. The lowest BCUT2D eigenvalue weighted by Gasteiger charge is -2.11. The number of para-hydroxylation sites is 1. The topological polar surface area (TPSA) is 98.3 Å². The SMILES string of the molecule is COc1cccc(C(=O)N/N=C/c2ccc(OCC(=O)Nc3ccccc3)c(OC)c2)c1. The van der Waals surface area contributed by atoms with Gasteiger partial charge in [0.2, 0.25) is 0 Å². The molecule has 0 bridgehead atoms. The van der Waals surface area contributed by atoms with Crippen molar-refractivity contribution < 1.29 is 23.8 Å². The fraction of sp³-hybridized carbons (Fsp3) is 0.125. The molecule has 0 aromatic heterocycles. The second-order valence-corrected chi connectivity index (χ2v) is 6.54. The minimum Gasteiger partial charge on any atom is -0.497 e. The number of nitrogens with zero attached hydrogens (tertiary/aromatic N) is 1. The number of amides is 2. The standard InChI is InChI=1S/C24H23N3O5/c1-30-20-10-6-7-18(14-20)24(29)27-25-15-17-11-12-21(22(13-17)31-2)32-16-23(28)26-19-8-4-3-5-9-19/h3-15H,16H2,1-2H3,(H,26,28)(H,27,29)/b25-15+. The second kappa shape index (κ2) is 11.2. The Bertz CT molecular complexity index is 1100. The van der Waals surface area contributed by atoms with Crippen molar-refractivity contribution in [2.75, 3.05) is 26.1 Å². The molecule has 164 valence electrons. The van der Waals surface area contributed by atoms with Gasteiger partial charge >= 0.3 is 0 Å². The average Bonchev–Trinajstić information content (AvgIpc) is 2.83. The number of carbonyl (C=O) groups excluding carboxylic acids is 2. The molecule has 0 atom stereocenters. The highest BCUT2D eigenvalue weighted by Crippen LogP contribution is 2.27. The minimum atomic E-state index is -0.364. The number of hydrazone groups is 1. The van der Waals surface area contributed by atoms with E-state index in [2.05, 4.69) is 15.8 Å². The second-order valence-electron chi connectivity index (χ2n) is 6.54. The molecule has 3 rings (SSSR count). The molecule has 2 N–H and O–H groups in total. The van der Waals surface area contributed by atoms with Crippen LogP contribution in [0.5, 0.6) is 17.2 Å². The Morgan fingerprint density at radius 3 is 2.47 bits per heavy atom. The van der Waals surface area contributed by atoms with Crippen LogP contribution in [0, 0.1) is 0 Å². The summed E-state index contributed by atoms with van der Waals surface area (Å²) in [5.74, 6) is 0.772. The van der Waals surface area contributed by atoms with Gasteiger partial charge in [0, 0.05) is 11.3 Å². The Hall–Kier alpha value is -4.33. The van der Waals surface area contributed by atoms with Crippen LogP contribution in [0.2, 0.25) is 0 Å². The highest BCUT2D eigenvalue weighted by molar-refractivity contribution is 5.95. The average molecular weight is 433 g/mol. The van der Waals surface area contributed by atoms with Crippen molar-refractivity contribution in [2.24, 2.45) is 5.10 Å². The van der Waals surface area contributed by atoms with Crippen LogP contribution in [0.25, 0.3) is 0 Å². The van der Waals surface area contributed by atoms with Crippen LogP contribution in [0.3, 0.4) is 0 Å². The van der Waals surface area contributed by atoms with Crippen molar-refractivity contribution in [1.29, 1.82) is 0 Å².